The van der Waals surface area contributed by atoms with Gasteiger partial charge in [-0.25, -0.2) is 0 Å². The molecule has 0 aromatic heterocycles. The van der Waals surface area contributed by atoms with Gasteiger partial charge >= 0.3 is 5.97 Å². The zero-order valence-corrected chi connectivity index (χ0v) is 9.00. The van der Waals surface area contributed by atoms with E-state index in [0.717, 1.165) is 5.56 Å². The largest absolute Gasteiger partial charge is 0.480 e. The number of nitrogens with zero attached hydrogens (tertiary/aromatic N) is 1. The third kappa shape index (κ3) is 4.17. The lowest BCUT2D eigenvalue weighted by molar-refractivity contribution is -0.384. The Morgan fingerprint density at radius 3 is 2.53 bits per heavy atom. The highest BCUT2D eigenvalue weighted by Gasteiger charge is 2.10. The average molecular weight is 239 g/mol. The number of nitro groups is 1. The van der Waals surface area contributed by atoms with Crippen LogP contribution < -0.4 is 11.1 Å². The second-order valence-electron chi connectivity index (χ2n) is 3.50. The Morgan fingerprint density at radius 1 is 1.47 bits per heavy atom. The van der Waals surface area contributed by atoms with Crippen molar-refractivity contribution in [3.05, 3.63) is 39.9 Å². The first kappa shape index (κ1) is 13.1. The van der Waals surface area contributed by atoms with E-state index in [-0.39, 0.29) is 12.2 Å². The van der Waals surface area contributed by atoms with Crippen molar-refractivity contribution in [2.24, 2.45) is 5.73 Å². The van der Waals surface area contributed by atoms with E-state index in [4.69, 9.17) is 10.8 Å². The van der Waals surface area contributed by atoms with Gasteiger partial charge in [0.1, 0.15) is 6.04 Å². The van der Waals surface area contributed by atoms with Crippen LogP contribution in [0.3, 0.4) is 0 Å². The monoisotopic (exact) mass is 239 g/mol. The molecule has 1 rings (SSSR count). The Balaban J connectivity index is 2.42. The van der Waals surface area contributed by atoms with Crippen molar-refractivity contribution in [2.75, 3.05) is 6.54 Å². The molecule has 1 aromatic carbocycles. The van der Waals surface area contributed by atoms with Crippen LogP contribution in [-0.4, -0.2) is 28.6 Å². The summed E-state index contributed by atoms with van der Waals surface area (Å²) in [5.41, 5.74) is 6.14. The fraction of sp³-hybridized carbons (Fsp3) is 0.300. The van der Waals surface area contributed by atoms with Gasteiger partial charge in [0.25, 0.3) is 5.69 Å². The van der Waals surface area contributed by atoms with Gasteiger partial charge in [0, 0.05) is 25.2 Å². The van der Waals surface area contributed by atoms with E-state index in [9.17, 15) is 14.9 Å². The van der Waals surface area contributed by atoms with E-state index in [1.54, 1.807) is 12.1 Å². The number of carboxylic acids is 1. The number of carbonyl (C=O) groups is 1. The van der Waals surface area contributed by atoms with Crippen LogP contribution in [0.1, 0.15) is 5.56 Å². The number of hydrogen-bond donors (Lipinski definition) is 3. The number of non-ortho nitro benzene ring substituents is 1. The molecule has 0 fully saturated rings. The molecule has 4 N–H and O–H groups in total. The van der Waals surface area contributed by atoms with Crippen LogP contribution in [0.25, 0.3) is 0 Å². The van der Waals surface area contributed by atoms with Crippen molar-refractivity contribution < 1.29 is 14.8 Å². The van der Waals surface area contributed by atoms with Crippen molar-refractivity contribution in [3.8, 4) is 0 Å². The fourth-order valence-electron chi connectivity index (χ4n) is 1.19. The molecule has 17 heavy (non-hydrogen) atoms. The summed E-state index contributed by atoms with van der Waals surface area (Å²) in [7, 11) is 0. The first-order valence-electron chi connectivity index (χ1n) is 4.93. The molecule has 0 bridgehead atoms. The molecule has 1 aromatic rings. The van der Waals surface area contributed by atoms with Crippen LogP contribution in [-0.2, 0) is 11.3 Å². The molecule has 0 heterocycles. The summed E-state index contributed by atoms with van der Waals surface area (Å²) in [5, 5.41) is 21.8. The van der Waals surface area contributed by atoms with Crippen LogP contribution in [0.15, 0.2) is 24.3 Å². The summed E-state index contributed by atoms with van der Waals surface area (Å²) in [4.78, 5) is 20.3. The van der Waals surface area contributed by atoms with Gasteiger partial charge in [-0.3, -0.25) is 14.9 Å². The second-order valence-corrected chi connectivity index (χ2v) is 3.50. The zero-order chi connectivity index (χ0) is 12.8. The van der Waals surface area contributed by atoms with Crippen molar-refractivity contribution in [1.29, 1.82) is 0 Å². The van der Waals surface area contributed by atoms with Crippen molar-refractivity contribution in [3.63, 3.8) is 0 Å². The number of aliphatic carboxylic acids is 1. The van der Waals surface area contributed by atoms with E-state index in [1.807, 2.05) is 0 Å². The van der Waals surface area contributed by atoms with E-state index in [2.05, 4.69) is 5.32 Å². The smallest absolute Gasteiger partial charge is 0.321 e. The molecule has 7 heteroatoms. The van der Waals surface area contributed by atoms with Crippen molar-refractivity contribution >= 4 is 11.7 Å². The van der Waals surface area contributed by atoms with E-state index >= 15 is 0 Å². The predicted octanol–water partition coefficient (Wildman–Crippen LogP) is 0.0963. The van der Waals surface area contributed by atoms with Crippen LogP contribution >= 0.6 is 0 Å². The third-order valence-electron chi connectivity index (χ3n) is 2.16. The number of rotatable bonds is 6. The first-order chi connectivity index (χ1) is 8.00. The maximum absolute atomic E-state index is 10.4. The molecule has 0 aliphatic rings. The number of nitrogens with one attached hydrogen (secondary N) is 1. The van der Waals surface area contributed by atoms with Crippen molar-refractivity contribution in [1.82, 2.24) is 5.32 Å². The highest BCUT2D eigenvalue weighted by molar-refractivity contribution is 5.73. The van der Waals surface area contributed by atoms with Gasteiger partial charge in [0.05, 0.1) is 4.92 Å². The Morgan fingerprint density at radius 2 is 2.06 bits per heavy atom. The number of benzene rings is 1. The lowest BCUT2D eigenvalue weighted by Gasteiger charge is -2.08. The molecule has 0 amide bonds. The minimum Gasteiger partial charge on any atom is -0.480 e. The van der Waals surface area contributed by atoms with Crippen LogP contribution in [0.5, 0.6) is 0 Å². The predicted molar refractivity (Wildman–Crippen MR) is 60.4 cm³/mol. The molecule has 0 saturated carbocycles. The summed E-state index contributed by atoms with van der Waals surface area (Å²) >= 11 is 0. The minimum atomic E-state index is -1.07. The zero-order valence-electron chi connectivity index (χ0n) is 9.00. The molecule has 0 radical (unpaired) electrons. The summed E-state index contributed by atoms with van der Waals surface area (Å²) in [6, 6.07) is 5.06. The number of nitrogens with two attached hydrogens (primary N) is 1. The van der Waals surface area contributed by atoms with Crippen molar-refractivity contribution in [2.45, 2.75) is 12.6 Å². The first-order valence-corrected chi connectivity index (χ1v) is 4.93. The Labute approximate surface area is 97.4 Å². The minimum absolute atomic E-state index is 0.0241. The average Bonchev–Trinajstić information content (AvgIpc) is 2.29. The number of nitro benzene ring substituents is 1. The van der Waals surface area contributed by atoms with E-state index < -0.39 is 16.9 Å². The van der Waals surface area contributed by atoms with E-state index in [0.29, 0.717) is 6.54 Å². The molecular weight excluding hydrogens is 226 g/mol. The molecule has 0 spiro atoms. The molecule has 0 saturated heterocycles. The maximum Gasteiger partial charge on any atom is 0.321 e. The molecule has 7 nitrogen and oxygen atoms in total. The van der Waals surface area contributed by atoms with Crippen LogP contribution in [0.2, 0.25) is 0 Å². The van der Waals surface area contributed by atoms with Gasteiger partial charge in [0.15, 0.2) is 0 Å². The summed E-state index contributed by atoms with van der Waals surface area (Å²) in [6.07, 6.45) is 0. The van der Waals surface area contributed by atoms with Gasteiger partial charge in [-0.15, -0.1) is 0 Å². The molecule has 92 valence electrons. The lowest BCUT2D eigenvalue weighted by Crippen LogP contribution is -2.40. The topological polar surface area (TPSA) is 118 Å². The SMILES string of the molecule is NC(CNCc1ccc([N+](=O)[O-])cc1)C(=O)O. The highest BCUT2D eigenvalue weighted by atomic mass is 16.6. The molecule has 1 unspecified atom stereocenters. The Bertz CT molecular complexity index is 405. The van der Waals surface area contributed by atoms with Gasteiger partial charge in [-0.1, -0.05) is 12.1 Å². The fourth-order valence-corrected chi connectivity index (χ4v) is 1.19. The van der Waals surface area contributed by atoms with Gasteiger partial charge in [0.2, 0.25) is 0 Å². The number of carboxylic acid groups (broad SMARTS) is 1. The van der Waals surface area contributed by atoms with Crippen LogP contribution in [0.4, 0.5) is 5.69 Å². The Kier molecular flexibility index (Phi) is 4.56. The quantitative estimate of drug-likeness (QED) is 0.478. The second kappa shape index (κ2) is 5.92. The summed E-state index contributed by atoms with van der Waals surface area (Å²) in [6.45, 7) is 0.561. The summed E-state index contributed by atoms with van der Waals surface area (Å²) < 4.78 is 0. The van der Waals surface area contributed by atoms with Gasteiger partial charge in [-0.05, 0) is 5.56 Å². The normalized spacial score (nSPS) is 12.1. The highest BCUT2D eigenvalue weighted by Crippen LogP contribution is 2.11. The Hall–Kier alpha value is -1.99. The standard InChI is InChI=1S/C10H13N3O4/c11-9(10(14)15)6-12-5-7-1-3-8(4-2-7)13(16)17/h1-4,9,12H,5-6,11H2,(H,14,15). The van der Waals surface area contributed by atoms with Crippen LogP contribution in [0, 0.1) is 10.1 Å². The molecule has 1 atom stereocenters. The molecular formula is C10H13N3O4. The maximum atomic E-state index is 10.4. The molecule has 0 aliphatic heterocycles. The summed E-state index contributed by atoms with van der Waals surface area (Å²) in [5.74, 6) is -1.07. The third-order valence-corrected chi connectivity index (χ3v) is 2.16. The van der Waals surface area contributed by atoms with Gasteiger partial charge in [-0.2, -0.15) is 0 Å². The molecule has 0 aliphatic carbocycles. The van der Waals surface area contributed by atoms with E-state index in [1.165, 1.54) is 12.1 Å². The van der Waals surface area contributed by atoms with Gasteiger partial charge < -0.3 is 16.2 Å². The number of hydrogen-bond acceptors (Lipinski definition) is 5. The lowest BCUT2D eigenvalue weighted by atomic mass is 10.2.